The number of hydrogen-bond acceptors (Lipinski definition) is 1. The number of Topliss-reactive ketones (excluding diaryl/α,β-unsaturated/α-hetero) is 1. The van der Waals surface area contributed by atoms with Crippen molar-refractivity contribution in [3.63, 3.8) is 0 Å². The van der Waals surface area contributed by atoms with E-state index in [0.29, 0.717) is 17.6 Å². The van der Waals surface area contributed by atoms with E-state index < -0.39 is 0 Å². The van der Waals surface area contributed by atoms with Crippen LogP contribution in [0.2, 0.25) is 0 Å². The minimum atomic E-state index is 0.363. The summed E-state index contributed by atoms with van der Waals surface area (Å²) in [5, 5.41) is 0. The quantitative estimate of drug-likeness (QED) is 0.701. The van der Waals surface area contributed by atoms with Crippen LogP contribution in [0, 0.1) is 23.7 Å². The van der Waals surface area contributed by atoms with Gasteiger partial charge in [-0.2, -0.15) is 0 Å². The Kier molecular flexibility index (Phi) is 3.96. The molecule has 1 saturated carbocycles. The fraction of sp³-hybridized carbons (Fsp3) is 0.632. The Balaban J connectivity index is 1.70. The van der Waals surface area contributed by atoms with Crippen molar-refractivity contribution >= 4 is 5.78 Å². The van der Waals surface area contributed by atoms with Gasteiger partial charge in [0.05, 0.1) is 0 Å². The Labute approximate surface area is 122 Å². The predicted octanol–water partition coefficient (Wildman–Crippen LogP) is 4.85. The Hall–Kier alpha value is -1.11. The van der Waals surface area contributed by atoms with Gasteiger partial charge >= 0.3 is 0 Å². The highest BCUT2D eigenvalue weighted by Crippen LogP contribution is 2.45. The zero-order valence-electron chi connectivity index (χ0n) is 12.8. The molecule has 0 spiro atoms. The largest absolute Gasteiger partial charge is 0.300 e. The molecule has 3 aliphatic rings. The van der Waals surface area contributed by atoms with Gasteiger partial charge in [0.25, 0.3) is 0 Å². The molecular formula is C19H26O. The van der Waals surface area contributed by atoms with E-state index in [1.54, 1.807) is 18.1 Å². The summed E-state index contributed by atoms with van der Waals surface area (Å²) in [6.45, 7) is 4.10. The molecular weight excluding hydrogens is 244 g/mol. The van der Waals surface area contributed by atoms with Gasteiger partial charge in [-0.25, -0.2) is 0 Å². The first-order chi connectivity index (χ1) is 9.65. The van der Waals surface area contributed by atoms with Crippen molar-refractivity contribution in [1.82, 2.24) is 0 Å². The summed E-state index contributed by atoms with van der Waals surface area (Å²) in [4.78, 5) is 11.6. The van der Waals surface area contributed by atoms with Gasteiger partial charge in [0, 0.05) is 5.92 Å². The van der Waals surface area contributed by atoms with Gasteiger partial charge in [0.15, 0.2) is 0 Å². The molecule has 1 fully saturated rings. The Morgan fingerprint density at radius 3 is 2.75 bits per heavy atom. The summed E-state index contributed by atoms with van der Waals surface area (Å²) in [5.41, 5.74) is 3.25. The van der Waals surface area contributed by atoms with Crippen LogP contribution in [0.4, 0.5) is 0 Å². The summed E-state index contributed by atoms with van der Waals surface area (Å²) in [6.07, 6.45) is 16.4. The second kappa shape index (κ2) is 5.71. The van der Waals surface area contributed by atoms with Crippen molar-refractivity contribution in [3.8, 4) is 0 Å². The lowest BCUT2D eigenvalue weighted by atomic mass is 9.73. The van der Waals surface area contributed by atoms with Crippen LogP contribution in [0.1, 0.15) is 52.4 Å². The van der Waals surface area contributed by atoms with Crippen molar-refractivity contribution < 1.29 is 4.79 Å². The van der Waals surface area contributed by atoms with Crippen LogP contribution < -0.4 is 0 Å². The number of carbonyl (C=O) groups is 1. The number of allylic oxidation sites excluding steroid dienone is 6. The summed E-state index contributed by atoms with van der Waals surface area (Å²) in [6, 6.07) is 0. The number of carbonyl (C=O) groups excluding carboxylic acids is 1. The normalized spacial score (nSPS) is 36.9. The van der Waals surface area contributed by atoms with Crippen molar-refractivity contribution in [3.05, 3.63) is 35.5 Å². The van der Waals surface area contributed by atoms with Crippen LogP contribution in [-0.2, 0) is 4.79 Å². The maximum absolute atomic E-state index is 11.6. The number of rotatable bonds is 2. The van der Waals surface area contributed by atoms with Crippen LogP contribution in [0.5, 0.6) is 0 Å². The Bertz CT molecular complexity index is 480. The lowest BCUT2D eigenvalue weighted by Crippen LogP contribution is -2.20. The molecule has 0 heterocycles. The van der Waals surface area contributed by atoms with E-state index in [0.717, 1.165) is 24.7 Å². The van der Waals surface area contributed by atoms with Gasteiger partial charge in [-0.1, -0.05) is 36.8 Å². The zero-order chi connectivity index (χ0) is 14.1. The lowest BCUT2D eigenvalue weighted by Gasteiger charge is -2.32. The van der Waals surface area contributed by atoms with E-state index in [4.69, 9.17) is 0 Å². The van der Waals surface area contributed by atoms with Gasteiger partial charge in [-0.3, -0.25) is 4.79 Å². The minimum Gasteiger partial charge on any atom is -0.300 e. The molecule has 3 unspecified atom stereocenters. The maximum Gasteiger partial charge on any atom is 0.132 e. The molecule has 3 aliphatic carbocycles. The van der Waals surface area contributed by atoms with Crippen LogP contribution in [0.3, 0.4) is 0 Å². The summed E-state index contributed by atoms with van der Waals surface area (Å²) in [7, 11) is 0. The van der Waals surface area contributed by atoms with Crippen molar-refractivity contribution in [1.29, 1.82) is 0 Å². The summed E-state index contributed by atoms with van der Waals surface area (Å²) in [5.74, 6) is 2.98. The highest BCUT2D eigenvalue weighted by atomic mass is 16.1. The molecule has 20 heavy (non-hydrogen) atoms. The molecule has 3 rings (SSSR count). The second-order valence-electron chi connectivity index (χ2n) is 6.97. The smallest absolute Gasteiger partial charge is 0.132 e. The topological polar surface area (TPSA) is 17.1 Å². The standard InChI is InChI=1S/C19H26O/c1-13-5-3-4-6-15-7-9-18(12-19(13)15)17-10-8-16(11-17)14(2)20/h3-6,13,16-18H,7-12H2,1-2H3/t13-,16?,17?,18?/m0/s1. The van der Waals surface area contributed by atoms with Crippen LogP contribution in [-0.4, -0.2) is 5.78 Å². The third-order valence-electron chi connectivity index (χ3n) is 5.75. The second-order valence-corrected chi connectivity index (χ2v) is 6.97. The monoisotopic (exact) mass is 270 g/mol. The molecule has 0 saturated heterocycles. The van der Waals surface area contributed by atoms with Crippen LogP contribution in [0.15, 0.2) is 35.5 Å². The molecule has 0 aliphatic heterocycles. The molecule has 108 valence electrons. The summed E-state index contributed by atoms with van der Waals surface area (Å²) < 4.78 is 0. The molecule has 0 aromatic rings. The Morgan fingerprint density at radius 1 is 1.15 bits per heavy atom. The van der Waals surface area contributed by atoms with E-state index in [-0.39, 0.29) is 0 Å². The van der Waals surface area contributed by atoms with Crippen molar-refractivity contribution in [2.45, 2.75) is 52.4 Å². The number of ketones is 1. The van der Waals surface area contributed by atoms with E-state index in [1.807, 2.05) is 0 Å². The zero-order valence-corrected chi connectivity index (χ0v) is 12.8. The molecule has 1 nitrogen and oxygen atoms in total. The van der Waals surface area contributed by atoms with Crippen LogP contribution in [0.25, 0.3) is 0 Å². The summed E-state index contributed by atoms with van der Waals surface area (Å²) >= 11 is 0. The van der Waals surface area contributed by atoms with Gasteiger partial charge in [0.2, 0.25) is 0 Å². The third kappa shape index (κ3) is 2.68. The van der Waals surface area contributed by atoms with Gasteiger partial charge in [-0.15, -0.1) is 0 Å². The molecule has 0 bridgehead atoms. The lowest BCUT2D eigenvalue weighted by molar-refractivity contribution is -0.120. The van der Waals surface area contributed by atoms with Gasteiger partial charge < -0.3 is 0 Å². The highest BCUT2D eigenvalue weighted by molar-refractivity contribution is 5.78. The number of hydrogen-bond donors (Lipinski definition) is 0. The minimum absolute atomic E-state index is 0.363. The molecule has 0 amide bonds. The molecule has 0 radical (unpaired) electrons. The maximum atomic E-state index is 11.6. The first kappa shape index (κ1) is 13.9. The first-order valence-corrected chi connectivity index (χ1v) is 8.22. The fourth-order valence-corrected chi connectivity index (χ4v) is 4.42. The van der Waals surface area contributed by atoms with E-state index in [1.165, 1.54) is 25.7 Å². The van der Waals surface area contributed by atoms with Crippen LogP contribution >= 0.6 is 0 Å². The predicted molar refractivity (Wildman–Crippen MR) is 83.3 cm³/mol. The molecule has 1 heteroatoms. The average Bonchev–Trinajstić information content (AvgIpc) is 2.86. The highest BCUT2D eigenvalue weighted by Gasteiger charge is 2.35. The average molecular weight is 270 g/mol. The fourth-order valence-electron chi connectivity index (χ4n) is 4.42. The van der Waals surface area contributed by atoms with Gasteiger partial charge in [0.1, 0.15) is 5.78 Å². The molecule has 4 atom stereocenters. The third-order valence-corrected chi connectivity index (χ3v) is 5.75. The van der Waals surface area contributed by atoms with E-state index >= 15 is 0 Å². The van der Waals surface area contributed by atoms with Crippen molar-refractivity contribution in [2.24, 2.45) is 23.7 Å². The van der Waals surface area contributed by atoms with Crippen molar-refractivity contribution in [2.75, 3.05) is 0 Å². The molecule has 0 aromatic carbocycles. The molecule has 0 aromatic heterocycles. The van der Waals surface area contributed by atoms with Gasteiger partial charge in [-0.05, 0) is 68.8 Å². The molecule has 0 N–H and O–H groups in total. The Morgan fingerprint density at radius 2 is 2.00 bits per heavy atom. The van der Waals surface area contributed by atoms with E-state index in [9.17, 15) is 4.79 Å². The first-order valence-electron chi connectivity index (χ1n) is 8.22. The van der Waals surface area contributed by atoms with E-state index in [2.05, 4.69) is 31.2 Å². The SMILES string of the molecule is CC(=O)C1CCC(C2CCC3=C(C2)[C@@H](C)C=CC=C3)C1.